The van der Waals surface area contributed by atoms with Gasteiger partial charge in [0.25, 0.3) is 0 Å². The Balaban J connectivity index is 0. The molecule has 2 aliphatic heterocycles. The minimum Gasteiger partial charge on any atom is -0.385 e. The Labute approximate surface area is 156 Å². The average molecular weight is 365 g/mol. The van der Waals surface area contributed by atoms with E-state index in [-0.39, 0.29) is 0 Å². The highest BCUT2D eigenvalue weighted by Crippen LogP contribution is 2.06. The molecule has 0 aromatic carbocycles. The van der Waals surface area contributed by atoms with Crippen LogP contribution in [0.25, 0.3) is 0 Å². The van der Waals surface area contributed by atoms with Gasteiger partial charge in [-0.3, -0.25) is 4.90 Å². The fraction of sp³-hybridized carbons (Fsp3) is 1.00. The van der Waals surface area contributed by atoms with Crippen molar-refractivity contribution in [3.63, 3.8) is 0 Å². The fourth-order valence-electron chi connectivity index (χ4n) is 2.40. The predicted molar refractivity (Wildman–Crippen MR) is 106 cm³/mol. The molecule has 2 unspecified atom stereocenters. The Hall–Kier alpha value is -0.240. The highest BCUT2D eigenvalue weighted by molar-refractivity contribution is 4.71. The molecule has 0 N–H and O–H groups in total. The van der Waals surface area contributed by atoms with Crippen LogP contribution in [0, 0.1) is 0 Å². The van der Waals surface area contributed by atoms with E-state index in [2.05, 4.69) is 23.9 Å². The van der Waals surface area contributed by atoms with E-state index in [1.54, 1.807) is 14.2 Å². The Kier molecular flexibility index (Phi) is 21.7. The zero-order valence-electron chi connectivity index (χ0n) is 18.0. The SMILES string of the molecule is CC.CC.COCC1COCCN1C.COCCC1CN(C)CCO1. The molecule has 2 atom stereocenters. The van der Waals surface area contributed by atoms with Crippen LogP contribution in [0.5, 0.6) is 0 Å². The topological polar surface area (TPSA) is 43.4 Å². The third-order valence-electron chi connectivity index (χ3n) is 3.87. The Morgan fingerprint density at radius 1 is 0.960 bits per heavy atom. The number of hydrogen-bond acceptors (Lipinski definition) is 6. The zero-order chi connectivity index (χ0) is 19.5. The average Bonchev–Trinajstić information content (AvgIpc) is 2.66. The Morgan fingerprint density at radius 2 is 1.64 bits per heavy atom. The molecule has 6 heteroatoms. The molecule has 2 fully saturated rings. The maximum absolute atomic E-state index is 5.53. The number of ether oxygens (including phenoxy) is 4. The quantitative estimate of drug-likeness (QED) is 0.746. The summed E-state index contributed by atoms with van der Waals surface area (Å²) in [6.45, 7) is 15.2. The van der Waals surface area contributed by atoms with E-state index >= 15 is 0 Å². The van der Waals surface area contributed by atoms with E-state index in [0.29, 0.717) is 12.1 Å². The minimum atomic E-state index is 0.383. The van der Waals surface area contributed by atoms with Crippen molar-refractivity contribution in [2.24, 2.45) is 0 Å². The second-order valence-corrected chi connectivity index (χ2v) is 5.70. The van der Waals surface area contributed by atoms with Gasteiger partial charge >= 0.3 is 0 Å². The van der Waals surface area contributed by atoms with Gasteiger partial charge in [0.05, 0.1) is 38.6 Å². The third-order valence-corrected chi connectivity index (χ3v) is 3.87. The number of morpholine rings is 2. The summed E-state index contributed by atoms with van der Waals surface area (Å²) in [6, 6.07) is 0.457. The van der Waals surface area contributed by atoms with Gasteiger partial charge in [-0.25, -0.2) is 0 Å². The molecular formula is C19H44N2O4. The number of methoxy groups -OCH3 is 2. The van der Waals surface area contributed by atoms with Gasteiger partial charge in [0.1, 0.15) is 0 Å². The molecule has 0 saturated carbocycles. The molecular weight excluding hydrogens is 320 g/mol. The van der Waals surface area contributed by atoms with Crippen LogP contribution >= 0.6 is 0 Å². The summed E-state index contributed by atoms with van der Waals surface area (Å²) in [6.07, 6.45) is 1.40. The van der Waals surface area contributed by atoms with Crippen molar-refractivity contribution in [3.05, 3.63) is 0 Å². The summed E-state index contributed by atoms with van der Waals surface area (Å²) < 4.78 is 20.8. The maximum atomic E-state index is 5.53. The molecule has 0 aliphatic carbocycles. The van der Waals surface area contributed by atoms with Crippen molar-refractivity contribution in [3.8, 4) is 0 Å². The number of likely N-dealkylation sites (N-methyl/N-ethyl adjacent to an activating group) is 2. The summed E-state index contributed by atoms with van der Waals surface area (Å²) in [5.41, 5.74) is 0. The molecule has 0 aromatic rings. The number of hydrogen-bond donors (Lipinski definition) is 0. The fourth-order valence-corrected chi connectivity index (χ4v) is 2.40. The molecule has 2 heterocycles. The molecule has 154 valence electrons. The first-order valence-electron chi connectivity index (χ1n) is 9.73. The normalized spacial score (nSPS) is 24.0. The minimum absolute atomic E-state index is 0.383. The molecule has 2 aliphatic rings. The number of nitrogens with zero attached hydrogens (tertiary/aromatic N) is 2. The van der Waals surface area contributed by atoms with E-state index < -0.39 is 0 Å². The summed E-state index contributed by atoms with van der Waals surface area (Å²) in [5, 5.41) is 0. The first-order chi connectivity index (χ1) is 12.2. The van der Waals surface area contributed by atoms with Gasteiger partial charge in [-0.2, -0.15) is 0 Å². The van der Waals surface area contributed by atoms with Gasteiger partial charge in [-0.1, -0.05) is 27.7 Å². The molecule has 0 spiro atoms. The third kappa shape index (κ3) is 14.6. The van der Waals surface area contributed by atoms with Gasteiger partial charge in [0.2, 0.25) is 0 Å². The van der Waals surface area contributed by atoms with Gasteiger partial charge in [-0.05, 0) is 20.5 Å². The maximum Gasteiger partial charge on any atom is 0.0724 e. The van der Waals surface area contributed by atoms with Gasteiger partial charge in [0.15, 0.2) is 0 Å². The van der Waals surface area contributed by atoms with Crippen LogP contribution in [-0.4, -0.2) is 103 Å². The Bertz CT molecular complexity index is 256. The van der Waals surface area contributed by atoms with Crippen LogP contribution in [0.15, 0.2) is 0 Å². The highest BCUT2D eigenvalue weighted by Gasteiger charge is 2.18. The first-order valence-corrected chi connectivity index (χ1v) is 9.73. The van der Waals surface area contributed by atoms with Crippen LogP contribution in [0.2, 0.25) is 0 Å². The Morgan fingerprint density at radius 3 is 2.16 bits per heavy atom. The highest BCUT2D eigenvalue weighted by atomic mass is 16.5. The van der Waals surface area contributed by atoms with Crippen LogP contribution in [0.3, 0.4) is 0 Å². The lowest BCUT2D eigenvalue weighted by Gasteiger charge is -2.31. The van der Waals surface area contributed by atoms with Crippen molar-refractivity contribution in [1.82, 2.24) is 9.80 Å². The van der Waals surface area contributed by atoms with E-state index in [9.17, 15) is 0 Å². The van der Waals surface area contributed by atoms with Crippen molar-refractivity contribution in [2.75, 3.05) is 81.0 Å². The van der Waals surface area contributed by atoms with E-state index in [1.165, 1.54) is 0 Å². The first kappa shape index (κ1) is 27.0. The van der Waals surface area contributed by atoms with E-state index in [0.717, 1.165) is 59.1 Å². The second kappa shape index (κ2) is 20.1. The molecule has 0 aromatic heterocycles. The zero-order valence-corrected chi connectivity index (χ0v) is 18.0. The molecule has 2 rings (SSSR count). The predicted octanol–water partition coefficient (Wildman–Crippen LogP) is 2.37. The summed E-state index contributed by atoms with van der Waals surface area (Å²) in [4.78, 5) is 4.57. The molecule has 6 nitrogen and oxygen atoms in total. The van der Waals surface area contributed by atoms with Crippen molar-refractivity contribution < 1.29 is 18.9 Å². The summed E-state index contributed by atoms with van der Waals surface area (Å²) in [7, 11) is 7.68. The summed E-state index contributed by atoms with van der Waals surface area (Å²) >= 11 is 0. The lowest BCUT2D eigenvalue weighted by atomic mass is 10.2. The van der Waals surface area contributed by atoms with Crippen LogP contribution in [-0.2, 0) is 18.9 Å². The van der Waals surface area contributed by atoms with Gasteiger partial charge in [-0.15, -0.1) is 0 Å². The smallest absolute Gasteiger partial charge is 0.0724 e. The van der Waals surface area contributed by atoms with Crippen LogP contribution < -0.4 is 0 Å². The van der Waals surface area contributed by atoms with Crippen molar-refractivity contribution in [2.45, 2.75) is 46.3 Å². The molecule has 0 amide bonds. The summed E-state index contributed by atoms with van der Waals surface area (Å²) in [5.74, 6) is 0. The molecule has 25 heavy (non-hydrogen) atoms. The van der Waals surface area contributed by atoms with Gasteiger partial charge in [0, 0.05) is 40.5 Å². The lowest BCUT2D eigenvalue weighted by Crippen LogP contribution is -2.45. The lowest BCUT2D eigenvalue weighted by molar-refractivity contribution is -0.0327. The molecule has 2 saturated heterocycles. The molecule has 0 bridgehead atoms. The van der Waals surface area contributed by atoms with E-state index in [1.807, 2.05) is 27.7 Å². The van der Waals surface area contributed by atoms with Crippen LogP contribution in [0.1, 0.15) is 34.1 Å². The van der Waals surface area contributed by atoms with Crippen molar-refractivity contribution >= 4 is 0 Å². The monoisotopic (exact) mass is 364 g/mol. The molecule has 0 radical (unpaired) electrons. The van der Waals surface area contributed by atoms with Crippen molar-refractivity contribution in [1.29, 1.82) is 0 Å². The number of rotatable bonds is 5. The van der Waals surface area contributed by atoms with Crippen LogP contribution in [0.4, 0.5) is 0 Å². The largest absolute Gasteiger partial charge is 0.385 e. The van der Waals surface area contributed by atoms with E-state index in [4.69, 9.17) is 18.9 Å². The second-order valence-electron chi connectivity index (χ2n) is 5.70. The standard InChI is InChI=1S/C8H17NO2.C7H15NO2.2C2H6/c1-9-4-6-11-8(7-9)3-5-10-2;1-8-3-4-10-6-7(8)5-9-2;2*1-2/h8H,3-7H2,1-2H3;7H,3-6H2,1-2H3;2*1-2H3. The van der Waals surface area contributed by atoms with Gasteiger partial charge < -0.3 is 23.8 Å².